The average Bonchev–Trinajstić information content (AvgIpc) is 2.97. The van der Waals surface area contributed by atoms with Crippen molar-refractivity contribution in [3.8, 4) is 5.75 Å². The molecule has 3 rings (SSSR count). The predicted molar refractivity (Wildman–Crippen MR) is 137 cm³/mol. The lowest BCUT2D eigenvalue weighted by atomic mass is 9.92. The molecule has 1 saturated heterocycles. The molecule has 12 nitrogen and oxygen atoms in total. The van der Waals surface area contributed by atoms with Crippen LogP contribution in [0.1, 0.15) is 50.2 Å². The zero-order valence-corrected chi connectivity index (χ0v) is 23.4. The highest BCUT2D eigenvalue weighted by molar-refractivity contribution is 5.98. The number of aromatic nitrogens is 2. The molecule has 0 spiro atoms. The molecule has 0 aliphatic carbocycles. The van der Waals surface area contributed by atoms with Crippen LogP contribution in [0.25, 0.3) is 0 Å². The molecule has 43 heavy (non-hydrogen) atoms. The summed E-state index contributed by atoms with van der Waals surface area (Å²) in [6.45, 7) is 5.60. The standard InChI is InChI=1S/C27H30F4N4O8/c1-5-10(2)21-27(41)42-12(4)18(34-25(39)19-15(36)7-6-8-32-19)24(38)33-14(20(37)11(3)26(40)43-21)9-13-16(28)17(29)23(31)35-22(13)30/h6-8,10-12,14,18,20-21,36-37H,5,9H2,1-4H3,(H,33,38)(H,34,39). The minimum atomic E-state index is -2.12. The number of aliphatic hydroxyl groups excluding tert-OH is 1. The normalized spacial score (nSPS) is 25.8. The van der Waals surface area contributed by atoms with Crippen LogP contribution in [-0.4, -0.2) is 74.3 Å². The number of pyridine rings is 2. The molecular weight excluding hydrogens is 584 g/mol. The Kier molecular flexibility index (Phi) is 10.6. The summed E-state index contributed by atoms with van der Waals surface area (Å²) in [5.41, 5.74) is -1.67. The second-order valence-electron chi connectivity index (χ2n) is 10.1. The second-order valence-corrected chi connectivity index (χ2v) is 10.1. The number of nitrogens with one attached hydrogen (secondary N) is 2. The van der Waals surface area contributed by atoms with Gasteiger partial charge in [-0.3, -0.25) is 14.4 Å². The van der Waals surface area contributed by atoms with Gasteiger partial charge in [-0.05, 0) is 32.4 Å². The van der Waals surface area contributed by atoms with Crippen LogP contribution in [0.2, 0.25) is 0 Å². The SMILES string of the molecule is CCC(C)C1OC(=O)C(C)C(O)C(Cc2c(F)nc(F)c(F)c2F)NC(=O)C(NC(=O)c2ncccc2O)C(C)OC1=O. The first-order chi connectivity index (χ1) is 20.2. The number of hydrogen-bond donors (Lipinski definition) is 4. The van der Waals surface area contributed by atoms with Gasteiger partial charge in [-0.25, -0.2) is 14.2 Å². The Bertz CT molecular complexity index is 1400. The van der Waals surface area contributed by atoms with E-state index in [0.717, 1.165) is 13.0 Å². The Labute approximate surface area is 242 Å². The lowest BCUT2D eigenvalue weighted by molar-refractivity contribution is -0.180. The lowest BCUT2D eigenvalue weighted by Gasteiger charge is -2.34. The number of esters is 2. The van der Waals surface area contributed by atoms with Gasteiger partial charge in [0.2, 0.25) is 23.8 Å². The third-order valence-corrected chi connectivity index (χ3v) is 7.11. The van der Waals surface area contributed by atoms with Crippen molar-refractivity contribution in [3.05, 3.63) is 53.1 Å². The van der Waals surface area contributed by atoms with Gasteiger partial charge in [-0.2, -0.15) is 18.2 Å². The molecule has 0 bridgehead atoms. The van der Waals surface area contributed by atoms with Crippen LogP contribution in [0.4, 0.5) is 17.6 Å². The molecule has 234 valence electrons. The largest absolute Gasteiger partial charge is 0.505 e. The molecule has 7 unspecified atom stereocenters. The highest BCUT2D eigenvalue weighted by Gasteiger charge is 2.42. The van der Waals surface area contributed by atoms with Gasteiger partial charge in [0, 0.05) is 24.1 Å². The Morgan fingerprint density at radius 1 is 1.09 bits per heavy atom. The molecule has 1 aliphatic heterocycles. The van der Waals surface area contributed by atoms with E-state index in [0.29, 0.717) is 6.42 Å². The van der Waals surface area contributed by atoms with Gasteiger partial charge in [0.1, 0.15) is 17.9 Å². The zero-order chi connectivity index (χ0) is 32.2. The first-order valence-electron chi connectivity index (χ1n) is 13.2. The second kappa shape index (κ2) is 13.8. The first kappa shape index (κ1) is 33.2. The van der Waals surface area contributed by atoms with Crippen LogP contribution in [0.5, 0.6) is 5.75 Å². The summed E-state index contributed by atoms with van der Waals surface area (Å²) in [7, 11) is 0. The zero-order valence-electron chi connectivity index (χ0n) is 23.4. The van der Waals surface area contributed by atoms with E-state index in [-0.39, 0.29) is 0 Å². The molecule has 2 aromatic rings. The molecule has 16 heteroatoms. The first-order valence-corrected chi connectivity index (χ1v) is 13.2. The molecule has 0 aromatic carbocycles. The maximum absolute atomic E-state index is 14.6. The van der Waals surface area contributed by atoms with Crippen molar-refractivity contribution in [2.75, 3.05) is 0 Å². The lowest BCUT2D eigenvalue weighted by Crippen LogP contribution is -2.59. The highest BCUT2D eigenvalue weighted by Crippen LogP contribution is 2.24. The van der Waals surface area contributed by atoms with Crippen molar-refractivity contribution < 1.29 is 56.4 Å². The number of aliphatic hydroxyl groups is 1. The summed E-state index contributed by atoms with van der Waals surface area (Å²) in [4.78, 5) is 58.9. The number of rotatable bonds is 6. The number of halogens is 4. The minimum absolute atomic E-state index is 0.322. The van der Waals surface area contributed by atoms with Crippen LogP contribution in [0.15, 0.2) is 18.3 Å². The Morgan fingerprint density at radius 2 is 1.77 bits per heavy atom. The number of carbonyl (C=O) groups excluding carboxylic acids is 4. The fraction of sp³-hybridized carbons (Fsp3) is 0.481. The van der Waals surface area contributed by atoms with Gasteiger partial charge in [0.05, 0.1) is 18.1 Å². The minimum Gasteiger partial charge on any atom is -0.505 e. The monoisotopic (exact) mass is 614 g/mol. The topological polar surface area (TPSA) is 177 Å². The number of carbonyl (C=O) groups is 4. The number of ether oxygens (including phenoxy) is 2. The molecule has 7 atom stereocenters. The van der Waals surface area contributed by atoms with E-state index in [2.05, 4.69) is 20.6 Å². The number of aromatic hydroxyl groups is 1. The van der Waals surface area contributed by atoms with Gasteiger partial charge >= 0.3 is 11.9 Å². The number of nitrogens with zero attached hydrogens (tertiary/aromatic N) is 2. The third-order valence-electron chi connectivity index (χ3n) is 7.11. The average molecular weight is 615 g/mol. The molecule has 0 radical (unpaired) electrons. The van der Waals surface area contributed by atoms with E-state index < -0.39 is 113 Å². The van der Waals surface area contributed by atoms with Crippen LogP contribution in [-0.2, 0) is 30.3 Å². The van der Waals surface area contributed by atoms with Crippen molar-refractivity contribution in [1.29, 1.82) is 0 Å². The number of amides is 2. The van der Waals surface area contributed by atoms with Gasteiger partial charge < -0.3 is 30.3 Å². The maximum Gasteiger partial charge on any atom is 0.348 e. The van der Waals surface area contributed by atoms with Crippen LogP contribution in [0.3, 0.4) is 0 Å². The molecule has 3 heterocycles. The molecule has 1 aliphatic rings. The predicted octanol–water partition coefficient (Wildman–Crippen LogP) is 1.46. The van der Waals surface area contributed by atoms with E-state index >= 15 is 0 Å². The van der Waals surface area contributed by atoms with E-state index in [9.17, 15) is 47.0 Å². The van der Waals surface area contributed by atoms with E-state index in [4.69, 9.17) is 9.47 Å². The maximum atomic E-state index is 14.6. The summed E-state index contributed by atoms with van der Waals surface area (Å²) >= 11 is 0. The Balaban J connectivity index is 2.08. The Morgan fingerprint density at radius 3 is 2.40 bits per heavy atom. The molecule has 1 fully saturated rings. The smallest absolute Gasteiger partial charge is 0.348 e. The van der Waals surface area contributed by atoms with E-state index in [1.807, 2.05) is 0 Å². The molecule has 2 amide bonds. The van der Waals surface area contributed by atoms with Gasteiger partial charge in [-0.15, -0.1) is 0 Å². The molecule has 2 aromatic heterocycles. The molecule has 4 N–H and O–H groups in total. The summed E-state index contributed by atoms with van der Waals surface area (Å²) in [5, 5.41) is 25.6. The fourth-order valence-corrected chi connectivity index (χ4v) is 4.27. The summed E-state index contributed by atoms with van der Waals surface area (Å²) in [6, 6.07) is -1.11. The summed E-state index contributed by atoms with van der Waals surface area (Å²) in [6.07, 6.45) is -4.54. The van der Waals surface area contributed by atoms with Gasteiger partial charge in [0.25, 0.3) is 11.9 Å². The van der Waals surface area contributed by atoms with E-state index in [1.165, 1.54) is 19.2 Å². The van der Waals surface area contributed by atoms with Crippen LogP contribution >= 0.6 is 0 Å². The summed E-state index contributed by atoms with van der Waals surface area (Å²) in [5.74, 6) is -15.2. The quantitative estimate of drug-likeness (QED) is 0.212. The summed E-state index contributed by atoms with van der Waals surface area (Å²) < 4.78 is 67.1. The van der Waals surface area contributed by atoms with Crippen molar-refractivity contribution in [2.45, 2.75) is 70.9 Å². The van der Waals surface area contributed by atoms with Crippen molar-refractivity contribution in [2.24, 2.45) is 11.8 Å². The van der Waals surface area contributed by atoms with Gasteiger partial charge in [0.15, 0.2) is 11.5 Å². The molecular formula is C27H30F4N4O8. The highest BCUT2D eigenvalue weighted by atomic mass is 19.2. The van der Waals surface area contributed by atoms with Crippen molar-refractivity contribution >= 4 is 23.8 Å². The number of cyclic esters (lactones) is 2. The van der Waals surface area contributed by atoms with Crippen LogP contribution in [0, 0.1) is 35.4 Å². The fourth-order valence-electron chi connectivity index (χ4n) is 4.27. The Hall–Kier alpha value is -4.34. The van der Waals surface area contributed by atoms with Crippen molar-refractivity contribution in [3.63, 3.8) is 0 Å². The van der Waals surface area contributed by atoms with Gasteiger partial charge in [-0.1, -0.05) is 13.8 Å². The molecule has 0 saturated carbocycles. The van der Waals surface area contributed by atoms with E-state index in [1.54, 1.807) is 13.8 Å². The van der Waals surface area contributed by atoms with Crippen molar-refractivity contribution in [1.82, 2.24) is 20.6 Å². The third kappa shape index (κ3) is 7.36. The van der Waals surface area contributed by atoms with Crippen LogP contribution < -0.4 is 10.6 Å². The number of hydrogen-bond acceptors (Lipinski definition) is 10.